The molecule has 168 valence electrons. The van der Waals surface area contributed by atoms with Gasteiger partial charge in [-0.15, -0.1) is 0 Å². The molecule has 1 aromatic heterocycles. The van der Waals surface area contributed by atoms with Crippen LogP contribution in [-0.2, 0) is 10.0 Å². The van der Waals surface area contributed by atoms with E-state index in [1.54, 1.807) is 31.4 Å². The Bertz CT molecular complexity index is 1170. The van der Waals surface area contributed by atoms with Gasteiger partial charge in [-0.3, -0.25) is 0 Å². The number of ether oxygens (including phenoxy) is 1. The van der Waals surface area contributed by atoms with Crippen LogP contribution >= 0.6 is 0 Å². The average molecular weight is 454 g/mol. The Morgan fingerprint density at radius 3 is 2.19 bits per heavy atom. The van der Waals surface area contributed by atoms with Crippen molar-refractivity contribution in [2.45, 2.75) is 18.7 Å². The molecule has 2 aromatic carbocycles. The van der Waals surface area contributed by atoms with E-state index in [2.05, 4.69) is 15.3 Å². The Balaban J connectivity index is 1.45. The maximum Gasteiger partial charge on any atom is 0.243 e. The summed E-state index contributed by atoms with van der Waals surface area (Å²) in [7, 11) is -2.00. The Labute approximate surface area is 188 Å². The van der Waals surface area contributed by atoms with E-state index in [1.165, 1.54) is 9.87 Å². The topological polar surface area (TPSA) is 87.7 Å². The molecule has 1 aliphatic rings. The molecule has 1 N–H and O–H groups in total. The second kappa shape index (κ2) is 9.13. The fourth-order valence-electron chi connectivity index (χ4n) is 3.57. The highest BCUT2D eigenvalue weighted by molar-refractivity contribution is 7.89. The van der Waals surface area contributed by atoms with Gasteiger partial charge in [0.2, 0.25) is 16.0 Å². The lowest BCUT2D eigenvalue weighted by Crippen LogP contribution is -2.49. The molecule has 32 heavy (non-hydrogen) atoms. The van der Waals surface area contributed by atoms with Gasteiger partial charge in [-0.25, -0.2) is 13.4 Å². The molecular formula is C23H27N5O3S. The molecule has 8 nitrogen and oxygen atoms in total. The van der Waals surface area contributed by atoms with Gasteiger partial charge in [0.05, 0.1) is 12.0 Å². The van der Waals surface area contributed by atoms with Crippen LogP contribution in [0.1, 0.15) is 11.3 Å². The standard InChI is InChI=1S/C23H27N5O3S/c1-17-4-6-19(7-5-17)25-22-16-18(2)24-23(26-22)27-12-14-28(15-13-27)32(29,30)21-10-8-20(31-3)9-11-21/h4-11,16H,12-15H2,1-3H3,(H,24,25,26). The number of nitrogens with zero attached hydrogens (tertiary/aromatic N) is 4. The molecule has 0 spiro atoms. The third-order valence-corrected chi connectivity index (χ3v) is 7.30. The lowest BCUT2D eigenvalue weighted by atomic mass is 10.2. The van der Waals surface area contributed by atoms with E-state index < -0.39 is 10.0 Å². The molecule has 3 aromatic rings. The number of aryl methyl sites for hydroxylation is 2. The minimum absolute atomic E-state index is 0.267. The highest BCUT2D eigenvalue weighted by atomic mass is 32.2. The fourth-order valence-corrected chi connectivity index (χ4v) is 4.99. The first-order chi connectivity index (χ1) is 15.3. The predicted molar refractivity (Wildman–Crippen MR) is 125 cm³/mol. The summed E-state index contributed by atoms with van der Waals surface area (Å²) in [6.45, 7) is 5.74. The van der Waals surface area contributed by atoms with Gasteiger partial charge in [-0.05, 0) is 50.2 Å². The van der Waals surface area contributed by atoms with Crippen LogP contribution < -0.4 is 15.0 Å². The van der Waals surface area contributed by atoms with Gasteiger partial charge in [-0.1, -0.05) is 17.7 Å². The fraction of sp³-hybridized carbons (Fsp3) is 0.304. The number of rotatable bonds is 6. The van der Waals surface area contributed by atoms with Crippen LogP contribution in [0.5, 0.6) is 5.75 Å². The molecule has 1 aliphatic heterocycles. The third kappa shape index (κ3) is 4.84. The first-order valence-electron chi connectivity index (χ1n) is 10.4. The van der Waals surface area contributed by atoms with E-state index in [4.69, 9.17) is 4.74 Å². The summed E-state index contributed by atoms with van der Waals surface area (Å²) in [5.74, 6) is 1.94. The van der Waals surface area contributed by atoms with Crippen molar-refractivity contribution in [2.75, 3.05) is 43.5 Å². The molecule has 0 bridgehead atoms. The Hall–Kier alpha value is -3.17. The number of benzene rings is 2. The van der Waals surface area contributed by atoms with Gasteiger partial charge in [0.25, 0.3) is 0 Å². The summed E-state index contributed by atoms with van der Waals surface area (Å²) < 4.78 is 32.6. The second-order valence-electron chi connectivity index (χ2n) is 7.75. The van der Waals surface area contributed by atoms with E-state index in [1.807, 2.05) is 49.1 Å². The first kappa shape index (κ1) is 22.0. The van der Waals surface area contributed by atoms with Crippen LogP contribution in [0.25, 0.3) is 0 Å². The lowest BCUT2D eigenvalue weighted by Gasteiger charge is -2.34. The van der Waals surface area contributed by atoms with Crippen molar-refractivity contribution in [1.29, 1.82) is 0 Å². The first-order valence-corrected chi connectivity index (χ1v) is 11.9. The minimum Gasteiger partial charge on any atom is -0.497 e. The van der Waals surface area contributed by atoms with Gasteiger partial charge in [0.15, 0.2) is 0 Å². The van der Waals surface area contributed by atoms with E-state index in [-0.39, 0.29) is 4.90 Å². The number of piperazine rings is 1. The Kier molecular flexibility index (Phi) is 6.29. The lowest BCUT2D eigenvalue weighted by molar-refractivity contribution is 0.382. The summed E-state index contributed by atoms with van der Waals surface area (Å²) in [5.41, 5.74) is 2.99. The van der Waals surface area contributed by atoms with E-state index in [9.17, 15) is 8.42 Å². The van der Waals surface area contributed by atoms with E-state index >= 15 is 0 Å². The van der Waals surface area contributed by atoms with Gasteiger partial charge in [-0.2, -0.15) is 9.29 Å². The van der Waals surface area contributed by atoms with Gasteiger partial charge in [0, 0.05) is 43.6 Å². The maximum atomic E-state index is 13.0. The normalized spacial score (nSPS) is 14.9. The van der Waals surface area contributed by atoms with Crippen LogP contribution in [0.3, 0.4) is 0 Å². The number of aromatic nitrogens is 2. The van der Waals surface area contributed by atoms with Crippen LogP contribution in [0.15, 0.2) is 59.5 Å². The molecule has 1 fully saturated rings. The summed E-state index contributed by atoms with van der Waals surface area (Å²) in [4.78, 5) is 11.5. The van der Waals surface area contributed by atoms with Crippen molar-refractivity contribution >= 4 is 27.5 Å². The molecule has 0 amide bonds. The molecule has 1 saturated heterocycles. The Morgan fingerprint density at radius 1 is 0.906 bits per heavy atom. The van der Waals surface area contributed by atoms with Crippen LogP contribution in [0.4, 0.5) is 17.5 Å². The molecule has 0 atom stereocenters. The summed E-state index contributed by atoms with van der Waals surface area (Å²) >= 11 is 0. The van der Waals surface area contributed by atoms with Crippen LogP contribution in [0.2, 0.25) is 0 Å². The molecular weight excluding hydrogens is 426 g/mol. The molecule has 9 heteroatoms. The van der Waals surface area contributed by atoms with Crippen LogP contribution in [0, 0.1) is 13.8 Å². The number of hydrogen-bond acceptors (Lipinski definition) is 7. The minimum atomic E-state index is -3.56. The second-order valence-corrected chi connectivity index (χ2v) is 9.69. The molecule has 2 heterocycles. The summed E-state index contributed by atoms with van der Waals surface area (Å²) in [6.07, 6.45) is 0. The highest BCUT2D eigenvalue weighted by Crippen LogP contribution is 2.23. The number of hydrogen-bond donors (Lipinski definition) is 1. The van der Waals surface area contributed by atoms with Crippen molar-refractivity contribution < 1.29 is 13.2 Å². The zero-order chi connectivity index (χ0) is 22.7. The summed E-state index contributed by atoms with van der Waals surface area (Å²) in [6, 6.07) is 16.5. The van der Waals surface area contributed by atoms with Crippen LogP contribution in [-0.4, -0.2) is 56.0 Å². The van der Waals surface area contributed by atoms with Gasteiger partial charge < -0.3 is 15.0 Å². The largest absolute Gasteiger partial charge is 0.497 e. The SMILES string of the molecule is COc1ccc(S(=O)(=O)N2CCN(c3nc(C)cc(Nc4ccc(C)cc4)n3)CC2)cc1. The molecule has 0 saturated carbocycles. The number of sulfonamides is 1. The predicted octanol–water partition coefficient (Wildman–Crippen LogP) is 3.36. The summed E-state index contributed by atoms with van der Waals surface area (Å²) in [5, 5.41) is 3.32. The van der Waals surface area contributed by atoms with Crippen molar-refractivity contribution in [3.63, 3.8) is 0 Å². The quantitative estimate of drug-likeness (QED) is 0.612. The average Bonchev–Trinajstić information content (AvgIpc) is 2.80. The molecule has 4 rings (SSSR count). The smallest absolute Gasteiger partial charge is 0.243 e. The monoisotopic (exact) mass is 453 g/mol. The zero-order valence-electron chi connectivity index (χ0n) is 18.4. The van der Waals surface area contributed by atoms with Crippen molar-refractivity contribution in [1.82, 2.24) is 14.3 Å². The Morgan fingerprint density at radius 2 is 1.56 bits per heavy atom. The maximum absolute atomic E-state index is 13.0. The van der Waals surface area contributed by atoms with Crippen molar-refractivity contribution in [3.8, 4) is 5.75 Å². The highest BCUT2D eigenvalue weighted by Gasteiger charge is 2.29. The molecule has 0 aliphatic carbocycles. The molecule has 0 unspecified atom stereocenters. The van der Waals surface area contributed by atoms with Gasteiger partial charge in [0.1, 0.15) is 11.6 Å². The third-order valence-electron chi connectivity index (χ3n) is 5.39. The number of methoxy groups -OCH3 is 1. The van der Waals surface area contributed by atoms with E-state index in [0.29, 0.717) is 43.7 Å². The zero-order valence-corrected chi connectivity index (χ0v) is 19.3. The molecule has 0 radical (unpaired) electrons. The van der Waals surface area contributed by atoms with Crippen molar-refractivity contribution in [3.05, 3.63) is 65.9 Å². The van der Waals surface area contributed by atoms with Gasteiger partial charge >= 0.3 is 0 Å². The number of nitrogens with one attached hydrogen (secondary N) is 1. The number of anilines is 3. The van der Waals surface area contributed by atoms with Crippen molar-refractivity contribution in [2.24, 2.45) is 0 Å². The van der Waals surface area contributed by atoms with E-state index in [0.717, 1.165) is 11.4 Å².